The molecule has 1 aromatic rings. The molecule has 1 aromatic carbocycles. The van der Waals surface area contributed by atoms with Crippen molar-refractivity contribution in [3.8, 4) is 0 Å². The predicted molar refractivity (Wildman–Crippen MR) is 63.6 cm³/mol. The standard InChI is InChI=1S/C12H14N2O4/c15-12(11-3-1-2-8-13(11)16)9-4-6-10(7-5-9)14(17)18/h4-7,11,16H,1-3,8H2. The minimum atomic E-state index is -0.528. The Morgan fingerprint density at radius 1 is 1.33 bits per heavy atom. The third-order valence-corrected chi connectivity index (χ3v) is 3.14. The number of hydroxylamine groups is 2. The van der Waals surface area contributed by atoms with Gasteiger partial charge in [0.2, 0.25) is 0 Å². The highest BCUT2D eigenvalue weighted by Gasteiger charge is 2.28. The Kier molecular flexibility index (Phi) is 3.69. The Labute approximate surface area is 104 Å². The third kappa shape index (κ3) is 2.55. The quantitative estimate of drug-likeness (QED) is 0.504. The number of nitrogens with zero attached hydrogens (tertiary/aromatic N) is 2. The number of ketones is 1. The lowest BCUT2D eigenvalue weighted by Gasteiger charge is -2.29. The molecule has 96 valence electrons. The Hall–Kier alpha value is -1.79. The van der Waals surface area contributed by atoms with Gasteiger partial charge in [-0.25, -0.2) is 0 Å². The second-order valence-electron chi connectivity index (χ2n) is 4.34. The number of nitro benzene ring substituents is 1. The molecule has 1 aliphatic rings. The molecule has 2 rings (SSSR count). The summed E-state index contributed by atoms with van der Waals surface area (Å²) in [6, 6.07) is 4.95. The fraction of sp³-hybridized carbons (Fsp3) is 0.417. The first-order valence-electron chi connectivity index (χ1n) is 5.84. The fourth-order valence-electron chi connectivity index (χ4n) is 2.12. The van der Waals surface area contributed by atoms with Gasteiger partial charge in [-0.3, -0.25) is 14.9 Å². The molecule has 1 N–H and O–H groups in total. The van der Waals surface area contributed by atoms with Gasteiger partial charge in [0.1, 0.15) is 0 Å². The number of hydrogen-bond donors (Lipinski definition) is 1. The average Bonchev–Trinajstić information content (AvgIpc) is 2.38. The van der Waals surface area contributed by atoms with Crippen molar-refractivity contribution in [2.75, 3.05) is 6.54 Å². The smallest absolute Gasteiger partial charge is 0.269 e. The summed E-state index contributed by atoms with van der Waals surface area (Å²) in [5.74, 6) is -0.188. The maximum absolute atomic E-state index is 12.1. The fourth-order valence-corrected chi connectivity index (χ4v) is 2.12. The second kappa shape index (κ2) is 5.24. The molecule has 6 heteroatoms. The van der Waals surface area contributed by atoms with Gasteiger partial charge in [0, 0.05) is 24.2 Å². The van der Waals surface area contributed by atoms with E-state index in [2.05, 4.69) is 0 Å². The van der Waals surface area contributed by atoms with E-state index in [1.165, 1.54) is 24.3 Å². The van der Waals surface area contributed by atoms with Crippen LogP contribution >= 0.6 is 0 Å². The van der Waals surface area contributed by atoms with Gasteiger partial charge in [0.15, 0.2) is 5.78 Å². The number of carbonyl (C=O) groups is 1. The molecule has 1 unspecified atom stereocenters. The number of benzene rings is 1. The molecular weight excluding hydrogens is 236 g/mol. The molecule has 1 heterocycles. The van der Waals surface area contributed by atoms with Crippen molar-refractivity contribution < 1.29 is 14.9 Å². The molecule has 0 bridgehead atoms. The number of nitro groups is 1. The Bertz CT molecular complexity index is 458. The summed E-state index contributed by atoms with van der Waals surface area (Å²) in [5, 5.41) is 21.2. The van der Waals surface area contributed by atoms with Crippen LogP contribution in [0.4, 0.5) is 5.69 Å². The Morgan fingerprint density at radius 2 is 2.00 bits per heavy atom. The average molecular weight is 250 g/mol. The van der Waals surface area contributed by atoms with Crippen LogP contribution in [0.1, 0.15) is 29.6 Å². The van der Waals surface area contributed by atoms with Crippen molar-refractivity contribution in [2.45, 2.75) is 25.3 Å². The molecular formula is C12H14N2O4. The molecule has 1 aliphatic heterocycles. The zero-order valence-corrected chi connectivity index (χ0v) is 9.78. The number of non-ortho nitro benzene ring substituents is 1. The molecule has 0 amide bonds. The highest BCUT2D eigenvalue weighted by Crippen LogP contribution is 2.20. The van der Waals surface area contributed by atoms with Gasteiger partial charge < -0.3 is 5.21 Å². The van der Waals surface area contributed by atoms with Crippen LogP contribution in [0.3, 0.4) is 0 Å². The van der Waals surface area contributed by atoms with Crippen LogP contribution in [-0.4, -0.2) is 33.6 Å². The molecule has 6 nitrogen and oxygen atoms in total. The van der Waals surface area contributed by atoms with Crippen LogP contribution in [0.2, 0.25) is 0 Å². The topological polar surface area (TPSA) is 83.7 Å². The molecule has 0 aromatic heterocycles. The van der Waals surface area contributed by atoms with Crippen molar-refractivity contribution in [3.63, 3.8) is 0 Å². The van der Waals surface area contributed by atoms with Crippen molar-refractivity contribution in [1.29, 1.82) is 0 Å². The lowest BCUT2D eigenvalue weighted by Crippen LogP contribution is -2.42. The summed E-state index contributed by atoms with van der Waals surface area (Å²) in [7, 11) is 0. The largest absolute Gasteiger partial charge is 0.313 e. The summed E-state index contributed by atoms with van der Waals surface area (Å²) in [6.45, 7) is 0.489. The molecule has 1 atom stereocenters. The minimum absolute atomic E-state index is 0.0453. The van der Waals surface area contributed by atoms with E-state index in [1.807, 2.05) is 0 Å². The normalized spacial score (nSPS) is 20.6. The van der Waals surface area contributed by atoms with E-state index in [0.29, 0.717) is 18.5 Å². The van der Waals surface area contributed by atoms with E-state index >= 15 is 0 Å². The van der Waals surface area contributed by atoms with Crippen molar-refractivity contribution >= 4 is 11.5 Å². The number of piperidine rings is 1. The molecule has 0 radical (unpaired) electrons. The first kappa shape index (κ1) is 12.7. The van der Waals surface area contributed by atoms with Crippen LogP contribution < -0.4 is 0 Å². The van der Waals surface area contributed by atoms with Gasteiger partial charge in [-0.1, -0.05) is 0 Å². The van der Waals surface area contributed by atoms with Gasteiger partial charge in [0.05, 0.1) is 11.0 Å². The summed E-state index contributed by atoms with van der Waals surface area (Å²) in [5.41, 5.74) is 0.350. The van der Waals surface area contributed by atoms with Crippen LogP contribution in [0, 0.1) is 10.1 Å². The summed E-state index contributed by atoms with van der Waals surface area (Å²) in [6.07, 6.45) is 2.40. The SMILES string of the molecule is O=C(c1ccc([N+](=O)[O-])cc1)C1CCCCN1O. The van der Waals surface area contributed by atoms with E-state index in [0.717, 1.165) is 17.9 Å². The molecule has 0 aliphatic carbocycles. The van der Waals surface area contributed by atoms with E-state index in [9.17, 15) is 20.1 Å². The first-order valence-corrected chi connectivity index (χ1v) is 5.84. The van der Waals surface area contributed by atoms with Gasteiger partial charge in [0.25, 0.3) is 5.69 Å². The van der Waals surface area contributed by atoms with Crippen LogP contribution in [0.15, 0.2) is 24.3 Å². The maximum atomic E-state index is 12.1. The summed E-state index contributed by atoms with van der Waals surface area (Å²) >= 11 is 0. The van der Waals surface area contributed by atoms with Gasteiger partial charge in [-0.2, -0.15) is 5.06 Å². The third-order valence-electron chi connectivity index (χ3n) is 3.14. The maximum Gasteiger partial charge on any atom is 0.269 e. The minimum Gasteiger partial charge on any atom is -0.313 e. The zero-order valence-electron chi connectivity index (χ0n) is 9.78. The van der Waals surface area contributed by atoms with Crippen LogP contribution in [-0.2, 0) is 0 Å². The summed E-state index contributed by atoms with van der Waals surface area (Å²) in [4.78, 5) is 22.1. The predicted octanol–water partition coefficient (Wildman–Crippen LogP) is 2.02. The van der Waals surface area contributed by atoms with E-state index in [1.54, 1.807) is 0 Å². The Morgan fingerprint density at radius 3 is 2.56 bits per heavy atom. The molecule has 1 saturated heterocycles. The first-order chi connectivity index (χ1) is 8.59. The number of Topliss-reactive ketones (excluding diaryl/α,β-unsaturated/α-hetero) is 1. The lowest BCUT2D eigenvalue weighted by molar-refractivity contribution is -0.384. The zero-order chi connectivity index (χ0) is 13.1. The van der Waals surface area contributed by atoms with Crippen molar-refractivity contribution in [2.24, 2.45) is 0 Å². The lowest BCUT2D eigenvalue weighted by atomic mass is 9.96. The Balaban J connectivity index is 2.15. The molecule has 0 saturated carbocycles. The van der Waals surface area contributed by atoms with E-state index in [4.69, 9.17) is 0 Å². The van der Waals surface area contributed by atoms with E-state index in [-0.39, 0.29) is 11.5 Å². The summed E-state index contributed by atoms with van der Waals surface area (Å²) < 4.78 is 0. The van der Waals surface area contributed by atoms with Gasteiger partial charge in [-0.05, 0) is 31.4 Å². The van der Waals surface area contributed by atoms with Gasteiger partial charge in [-0.15, -0.1) is 0 Å². The monoisotopic (exact) mass is 250 g/mol. The molecule has 0 spiro atoms. The molecule has 18 heavy (non-hydrogen) atoms. The van der Waals surface area contributed by atoms with Crippen molar-refractivity contribution in [1.82, 2.24) is 5.06 Å². The van der Waals surface area contributed by atoms with Gasteiger partial charge >= 0.3 is 0 Å². The van der Waals surface area contributed by atoms with Crippen LogP contribution in [0.25, 0.3) is 0 Å². The number of carbonyl (C=O) groups excluding carboxylic acids is 1. The number of rotatable bonds is 3. The second-order valence-corrected chi connectivity index (χ2v) is 4.34. The highest BCUT2D eigenvalue weighted by molar-refractivity contribution is 6.00. The highest BCUT2D eigenvalue weighted by atomic mass is 16.6. The number of hydrogen-bond acceptors (Lipinski definition) is 5. The van der Waals surface area contributed by atoms with E-state index < -0.39 is 11.0 Å². The van der Waals surface area contributed by atoms with Crippen molar-refractivity contribution in [3.05, 3.63) is 39.9 Å². The molecule has 1 fully saturated rings. The van der Waals surface area contributed by atoms with Crippen LogP contribution in [0.5, 0.6) is 0 Å².